The summed E-state index contributed by atoms with van der Waals surface area (Å²) >= 11 is 0. The molecule has 4 nitrogen and oxygen atoms in total. The van der Waals surface area contributed by atoms with Gasteiger partial charge in [0.1, 0.15) is 5.60 Å². The topological polar surface area (TPSA) is 63.6 Å². The van der Waals surface area contributed by atoms with Crippen molar-refractivity contribution in [2.75, 3.05) is 0 Å². The maximum Gasteiger partial charge on any atom is 0.307 e. The standard InChI is InChI=1S/C12H22O4/c1-8(2)6-9(11(14)15)7-10(13)16-12(3,4)5/h8-9H,6-7H2,1-5H3,(H,14,15)/t9-/m1/s1. The van der Waals surface area contributed by atoms with Crippen LogP contribution in [0, 0.1) is 11.8 Å². The SMILES string of the molecule is CC(C)C[C@H](CC(=O)OC(C)(C)C)C(=O)O. The molecule has 0 unspecified atom stereocenters. The number of hydrogen-bond donors (Lipinski definition) is 1. The number of hydrogen-bond acceptors (Lipinski definition) is 3. The fraction of sp³-hybridized carbons (Fsp3) is 0.833. The predicted octanol–water partition coefficient (Wildman–Crippen LogP) is 2.47. The van der Waals surface area contributed by atoms with Gasteiger partial charge in [0.25, 0.3) is 0 Å². The molecule has 1 atom stereocenters. The Morgan fingerprint density at radius 2 is 1.75 bits per heavy atom. The van der Waals surface area contributed by atoms with E-state index in [1.54, 1.807) is 20.8 Å². The number of carbonyl (C=O) groups excluding carboxylic acids is 1. The molecule has 1 N–H and O–H groups in total. The molecule has 0 bridgehead atoms. The smallest absolute Gasteiger partial charge is 0.307 e. The van der Waals surface area contributed by atoms with Gasteiger partial charge >= 0.3 is 11.9 Å². The molecule has 0 aromatic carbocycles. The van der Waals surface area contributed by atoms with Crippen LogP contribution in [0.2, 0.25) is 0 Å². The molecule has 0 aromatic heterocycles. The van der Waals surface area contributed by atoms with Crippen LogP contribution in [0.3, 0.4) is 0 Å². The molecule has 0 fully saturated rings. The zero-order chi connectivity index (χ0) is 12.9. The quantitative estimate of drug-likeness (QED) is 0.737. The predicted molar refractivity (Wildman–Crippen MR) is 61.0 cm³/mol. The summed E-state index contributed by atoms with van der Waals surface area (Å²) in [6.07, 6.45) is 0.444. The van der Waals surface area contributed by atoms with Crippen molar-refractivity contribution in [3.8, 4) is 0 Å². The van der Waals surface area contributed by atoms with E-state index in [9.17, 15) is 9.59 Å². The van der Waals surface area contributed by atoms with Gasteiger partial charge in [-0.25, -0.2) is 0 Å². The van der Waals surface area contributed by atoms with Crippen molar-refractivity contribution in [2.45, 2.75) is 53.1 Å². The highest BCUT2D eigenvalue weighted by Gasteiger charge is 2.25. The summed E-state index contributed by atoms with van der Waals surface area (Å²) in [7, 11) is 0. The minimum atomic E-state index is -0.931. The maximum absolute atomic E-state index is 11.5. The first-order chi connectivity index (χ1) is 7.11. The maximum atomic E-state index is 11.5. The lowest BCUT2D eigenvalue weighted by molar-refractivity contribution is -0.160. The van der Waals surface area contributed by atoms with Gasteiger partial charge in [0.15, 0.2) is 0 Å². The van der Waals surface area contributed by atoms with Crippen LogP contribution in [0.4, 0.5) is 0 Å². The third kappa shape index (κ3) is 7.26. The number of carbonyl (C=O) groups is 2. The van der Waals surface area contributed by atoms with E-state index in [0.717, 1.165) is 0 Å². The second-order valence-electron chi connectivity index (χ2n) is 5.46. The first-order valence-corrected chi connectivity index (χ1v) is 5.56. The minimum Gasteiger partial charge on any atom is -0.481 e. The number of carboxylic acid groups (broad SMARTS) is 1. The normalized spacial score (nSPS) is 13.6. The van der Waals surface area contributed by atoms with E-state index in [4.69, 9.17) is 9.84 Å². The Labute approximate surface area is 97.0 Å². The Morgan fingerprint density at radius 3 is 2.06 bits per heavy atom. The van der Waals surface area contributed by atoms with Crippen LogP contribution >= 0.6 is 0 Å². The van der Waals surface area contributed by atoms with Gasteiger partial charge in [0.05, 0.1) is 12.3 Å². The number of aliphatic carboxylic acids is 1. The highest BCUT2D eigenvalue weighted by Crippen LogP contribution is 2.18. The zero-order valence-electron chi connectivity index (χ0n) is 10.7. The summed E-state index contributed by atoms with van der Waals surface area (Å²) in [6, 6.07) is 0. The highest BCUT2D eigenvalue weighted by molar-refractivity contribution is 5.78. The molecule has 0 heterocycles. The van der Waals surface area contributed by atoms with Gasteiger partial charge < -0.3 is 9.84 Å². The molecule has 0 radical (unpaired) electrons. The molecule has 4 heteroatoms. The Morgan fingerprint density at radius 1 is 1.25 bits per heavy atom. The molecule has 0 aromatic rings. The molecule has 94 valence electrons. The second-order valence-corrected chi connectivity index (χ2v) is 5.46. The Balaban J connectivity index is 4.30. The van der Waals surface area contributed by atoms with Crippen molar-refractivity contribution in [1.29, 1.82) is 0 Å². The van der Waals surface area contributed by atoms with Crippen LogP contribution in [0.25, 0.3) is 0 Å². The number of esters is 1. The molecular formula is C12H22O4. The first-order valence-electron chi connectivity index (χ1n) is 5.56. The molecule has 16 heavy (non-hydrogen) atoms. The number of rotatable bonds is 5. The Kier molecular flexibility index (Phi) is 5.48. The van der Waals surface area contributed by atoms with E-state index < -0.39 is 23.5 Å². The molecule has 0 saturated carbocycles. The largest absolute Gasteiger partial charge is 0.481 e. The molecule has 0 amide bonds. The summed E-state index contributed by atoms with van der Waals surface area (Å²) in [5.41, 5.74) is -0.558. The molecule has 0 spiro atoms. The average molecular weight is 230 g/mol. The zero-order valence-corrected chi connectivity index (χ0v) is 10.7. The van der Waals surface area contributed by atoms with E-state index in [1.807, 2.05) is 13.8 Å². The van der Waals surface area contributed by atoms with Crippen molar-refractivity contribution in [1.82, 2.24) is 0 Å². The van der Waals surface area contributed by atoms with Gasteiger partial charge in [-0.1, -0.05) is 13.8 Å². The van der Waals surface area contributed by atoms with Crippen LogP contribution < -0.4 is 0 Å². The molecule has 0 aliphatic carbocycles. The van der Waals surface area contributed by atoms with Crippen molar-refractivity contribution in [3.63, 3.8) is 0 Å². The van der Waals surface area contributed by atoms with Crippen LogP contribution in [-0.4, -0.2) is 22.6 Å². The summed E-state index contributed by atoms with van der Waals surface area (Å²) in [5, 5.41) is 8.96. The molecule has 0 saturated heterocycles. The molecule has 0 aliphatic heterocycles. The summed E-state index contributed by atoms with van der Waals surface area (Å²) in [5.74, 6) is -1.77. The van der Waals surface area contributed by atoms with Crippen LogP contribution in [0.1, 0.15) is 47.5 Å². The van der Waals surface area contributed by atoms with Gasteiger partial charge in [-0.15, -0.1) is 0 Å². The first kappa shape index (κ1) is 14.9. The second kappa shape index (κ2) is 5.87. The van der Waals surface area contributed by atoms with E-state index >= 15 is 0 Å². The third-order valence-corrected chi connectivity index (χ3v) is 1.94. The molecule has 0 aliphatic rings. The van der Waals surface area contributed by atoms with Gasteiger partial charge in [-0.3, -0.25) is 9.59 Å². The summed E-state index contributed by atoms with van der Waals surface area (Å²) in [6.45, 7) is 9.17. The molecular weight excluding hydrogens is 208 g/mol. The van der Waals surface area contributed by atoms with E-state index in [-0.39, 0.29) is 12.3 Å². The fourth-order valence-corrected chi connectivity index (χ4v) is 1.42. The van der Waals surface area contributed by atoms with E-state index in [2.05, 4.69) is 0 Å². The van der Waals surface area contributed by atoms with Gasteiger partial charge in [-0.05, 0) is 33.1 Å². The highest BCUT2D eigenvalue weighted by atomic mass is 16.6. The van der Waals surface area contributed by atoms with Gasteiger partial charge in [0, 0.05) is 0 Å². The molecule has 0 rings (SSSR count). The van der Waals surface area contributed by atoms with Crippen LogP contribution in [0.5, 0.6) is 0 Å². The lowest BCUT2D eigenvalue weighted by Crippen LogP contribution is -2.27. The number of ether oxygens (including phenoxy) is 1. The van der Waals surface area contributed by atoms with Crippen LogP contribution in [-0.2, 0) is 14.3 Å². The number of carboxylic acids is 1. The Bertz CT molecular complexity index is 250. The van der Waals surface area contributed by atoms with Crippen molar-refractivity contribution in [2.24, 2.45) is 11.8 Å². The Hall–Kier alpha value is -1.06. The van der Waals surface area contributed by atoms with Gasteiger partial charge in [-0.2, -0.15) is 0 Å². The lowest BCUT2D eigenvalue weighted by atomic mass is 9.94. The van der Waals surface area contributed by atoms with Crippen LogP contribution in [0.15, 0.2) is 0 Å². The summed E-state index contributed by atoms with van der Waals surface area (Å²) < 4.78 is 5.10. The van der Waals surface area contributed by atoms with Gasteiger partial charge in [0.2, 0.25) is 0 Å². The average Bonchev–Trinajstić information content (AvgIpc) is 1.97. The third-order valence-electron chi connectivity index (χ3n) is 1.94. The minimum absolute atomic E-state index is 0.0508. The summed E-state index contributed by atoms with van der Waals surface area (Å²) in [4.78, 5) is 22.4. The van der Waals surface area contributed by atoms with E-state index in [1.165, 1.54) is 0 Å². The van der Waals surface area contributed by atoms with Crippen molar-refractivity contribution in [3.05, 3.63) is 0 Å². The van der Waals surface area contributed by atoms with E-state index in [0.29, 0.717) is 6.42 Å². The van der Waals surface area contributed by atoms with Crippen molar-refractivity contribution < 1.29 is 19.4 Å². The monoisotopic (exact) mass is 230 g/mol. The lowest BCUT2D eigenvalue weighted by Gasteiger charge is -2.21. The fourth-order valence-electron chi connectivity index (χ4n) is 1.42. The van der Waals surface area contributed by atoms with Crippen molar-refractivity contribution >= 4 is 11.9 Å².